The highest BCUT2D eigenvalue weighted by Crippen LogP contribution is 2.20. The molecule has 1 aromatic heterocycles. The molecule has 2 aromatic carbocycles. The number of nitrogens with one attached hydrogen (secondary N) is 2. The van der Waals surface area contributed by atoms with Crippen molar-refractivity contribution in [2.24, 2.45) is 0 Å². The topological polar surface area (TPSA) is 62.0 Å². The van der Waals surface area contributed by atoms with Gasteiger partial charge in [0.1, 0.15) is 0 Å². The van der Waals surface area contributed by atoms with Crippen LogP contribution < -0.4 is 10.9 Å². The first kappa shape index (κ1) is 18.9. The number of benzene rings is 2. The predicted octanol–water partition coefficient (Wildman–Crippen LogP) is 4.00. The minimum Gasteiger partial charge on any atom is -0.355 e. The van der Waals surface area contributed by atoms with Crippen LogP contribution in [0, 0.1) is 13.8 Å². The Kier molecular flexibility index (Phi) is 5.75. The van der Waals surface area contributed by atoms with E-state index < -0.39 is 0 Å². The van der Waals surface area contributed by atoms with Gasteiger partial charge in [-0.25, -0.2) is 0 Å². The molecule has 1 atom stereocenters. The Bertz CT molecular complexity index is 1010. The number of H-pyrrole nitrogens is 1. The summed E-state index contributed by atoms with van der Waals surface area (Å²) in [7, 11) is 0. The molecule has 1 amide bonds. The summed E-state index contributed by atoms with van der Waals surface area (Å²) >= 11 is 0. The highest BCUT2D eigenvalue weighted by atomic mass is 16.2. The number of amides is 1. The second kappa shape index (κ2) is 8.21. The van der Waals surface area contributed by atoms with Gasteiger partial charge < -0.3 is 10.3 Å². The maximum Gasteiger partial charge on any atom is 0.251 e. The Hall–Kier alpha value is -2.88. The van der Waals surface area contributed by atoms with E-state index in [2.05, 4.69) is 16.4 Å². The van der Waals surface area contributed by atoms with Gasteiger partial charge >= 0.3 is 0 Å². The van der Waals surface area contributed by atoms with E-state index in [-0.39, 0.29) is 17.4 Å². The van der Waals surface area contributed by atoms with Crippen LogP contribution in [0.5, 0.6) is 0 Å². The summed E-state index contributed by atoms with van der Waals surface area (Å²) in [5.41, 5.74) is 4.77. The van der Waals surface area contributed by atoms with Gasteiger partial charge in [-0.15, -0.1) is 0 Å². The van der Waals surface area contributed by atoms with E-state index in [1.807, 2.05) is 63.2 Å². The van der Waals surface area contributed by atoms with Gasteiger partial charge in [-0.05, 0) is 54.8 Å². The molecule has 27 heavy (non-hydrogen) atoms. The van der Waals surface area contributed by atoms with E-state index in [9.17, 15) is 9.59 Å². The molecule has 1 heterocycles. The fourth-order valence-electron chi connectivity index (χ4n) is 3.46. The molecule has 0 fully saturated rings. The number of rotatable bonds is 6. The maximum absolute atomic E-state index is 12.5. The van der Waals surface area contributed by atoms with E-state index >= 15 is 0 Å². The van der Waals surface area contributed by atoms with Crippen molar-refractivity contribution in [3.63, 3.8) is 0 Å². The second-order valence-corrected chi connectivity index (χ2v) is 7.01. The molecule has 0 aliphatic heterocycles. The molecular formula is C23H26N2O2. The lowest BCUT2D eigenvalue weighted by atomic mass is 9.95. The maximum atomic E-state index is 12.5. The van der Waals surface area contributed by atoms with Crippen molar-refractivity contribution in [1.29, 1.82) is 0 Å². The largest absolute Gasteiger partial charge is 0.355 e. The second-order valence-electron chi connectivity index (χ2n) is 7.01. The smallest absolute Gasteiger partial charge is 0.251 e. The first-order valence-electron chi connectivity index (χ1n) is 9.46. The molecule has 140 valence electrons. The van der Waals surface area contributed by atoms with Gasteiger partial charge in [0, 0.05) is 12.1 Å². The molecule has 3 aromatic rings. The first-order valence-corrected chi connectivity index (χ1v) is 9.46. The Morgan fingerprint density at radius 1 is 1.11 bits per heavy atom. The van der Waals surface area contributed by atoms with Crippen LogP contribution in [0.4, 0.5) is 0 Å². The quantitative estimate of drug-likeness (QED) is 0.696. The predicted molar refractivity (Wildman–Crippen MR) is 110 cm³/mol. The number of fused-ring (bicyclic) bond motifs is 1. The van der Waals surface area contributed by atoms with Crippen LogP contribution in [0.15, 0.2) is 53.3 Å². The van der Waals surface area contributed by atoms with Crippen LogP contribution in [0.2, 0.25) is 0 Å². The zero-order valence-electron chi connectivity index (χ0n) is 16.1. The number of aryl methyl sites for hydroxylation is 2. The van der Waals surface area contributed by atoms with Crippen molar-refractivity contribution in [3.8, 4) is 0 Å². The van der Waals surface area contributed by atoms with Gasteiger partial charge in [0.2, 0.25) is 5.91 Å². The van der Waals surface area contributed by atoms with Crippen molar-refractivity contribution >= 4 is 16.8 Å². The molecule has 0 bridgehead atoms. The molecule has 0 aliphatic carbocycles. The van der Waals surface area contributed by atoms with Crippen molar-refractivity contribution in [2.75, 3.05) is 6.54 Å². The average Bonchev–Trinajstić information content (AvgIpc) is 2.67. The van der Waals surface area contributed by atoms with Crippen LogP contribution in [0.1, 0.15) is 41.5 Å². The molecule has 0 saturated carbocycles. The van der Waals surface area contributed by atoms with Gasteiger partial charge in [-0.1, -0.05) is 49.4 Å². The molecule has 0 saturated heterocycles. The van der Waals surface area contributed by atoms with Crippen LogP contribution in [0.3, 0.4) is 0 Å². The van der Waals surface area contributed by atoms with Crippen LogP contribution in [-0.4, -0.2) is 17.4 Å². The third-order valence-corrected chi connectivity index (χ3v) is 5.25. The summed E-state index contributed by atoms with van der Waals surface area (Å²) in [6, 6.07) is 15.8. The number of aromatic amines is 1. The molecule has 0 aliphatic rings. The summed E-state index contributed by atoms with van der Waals surface area (Å²) in [5.74, 6) is -0.154. The van der Waals surface area contributed by atoms with E-state index in [1.54, 1.807) is 0 Å². The highest BCUT2D eigenvalue weighted by Gasteiger charge is 2.18. The van der Waals surface area contributed by atoms with Crippen molar-refractivity contribution in [3.05, 3.63) is 81.1 Å². The number of hydrogen-bond donors (Lipinski definition) is 2. The summed E-state index contributed by atoms with van der Waals surface area (Å²) in [6.07, 6.45) is 1.25. The van der Waals surface area contributed by atoms with E-state index in [0.717, 1.165) is 34.0 Å². The van der Waals surface area contributed by atoms with Crippen LogP contribution >= 0.6 is 0 Å². The minimum absolute atomic E-state index is 0.00684. The van der Waals surface area contributed by atoms with E-state index in [4.69, 9.17) is 0 Å². The lowest BCUT2D eigenvalue weighted by Gasteiger charge is -2.15. The van der Waals surface area contributed by atoms with Gasteiger partial charge in [-0.3, -0.25) is 9.59 Å². The minimum atomic E-state index is -0.160. The standard InChI is InChI=1S/C23H26N2O2/c1-4-20(17-8-6-5-7-9-17)23(27)24-13-12-19-14-18-11-10-15(2)16(3)21(18)25-22(19)26/h5-11,14,20H,4,12-13H2,1-3H3,(H,24,27)(H,25,26)/t20-/m1/s1. The fraction of sp³-hybridized carbons (Fsp3) is 0.304. The number of aromatic nitrogens is 1. The monoisotopic (exact) mass is 362 g/mol. The van der Waals surface area contributed by atoms with E-state index in [1.165, 1.54) is 0 Å². The summed E-state index contributed by atoms with van der Waals surface area (Å²) in [6.45, 7) is 6.51. The summed E-state index contributed by atoms with van der Waals surface area (Å²) in [5, 5.41) is 4.01. The Morgan fingerprint density at radius 2 is 1.85 bits per heavy atom. The SMILES string of the molecule is CC[C@@H](C(=O)NCCc1cc2ccc(C)c(C)c2[nH]c1=O)c1ccccc1. The summed E-state index contributed by atoms with van der Waals surface area (Å²) in [4.78, 5) is 28.0. The molecule has 0 spiro atoms. The number of carbonyl (C=O) groups is 1. The third-order valence-electron chi connectivity index (χ3n) is 5.25. The highest BCUT2D eigenvalue weighted by molar-refractivity contribution is 5.84. The third kappa shape index (κ3) is 4.11. The zero-order chi connectivity index (χ0) is 19.4. The number of hydrogen-bond acceptors (Lipinski definition) is 2. The Labute approximate surface area is 159 Å². The Balaban J connectivity index is 1.70. The van der Waals surface area contributed by atoms with Crippen molar-refractivity contribution in [1.82, 2.24) is 10.3 Å². The molecule has 0 unspecified atom stereocenters. The fourth-order valence-corrected chi connectivity index (χ4v) is 3.46. The van der Waals surface area contributed by atoms with Gasteiger partial charge in [0.15, 0.2) is 0 Å². The van der Waals surface area contributed by atoms with Crippen LogP contribution in [-0.2, 0) is 11.2 Å². The first-order chi connectivity index (χ1) is 13.0. The number of carbonyl (C=O) groups excluding carboxylic acids is 1. The molecule has 0 radical (unpaired) electrons. The van der Waals surface area contributed by atoms with Crippen molar-refractivity contribution < 1.29 is 4.79 Å². The molecule has 2 N–H and O–H groups in total. The molecule has 4 heteroatoms. The normalized spacial score (nSPS) is 12.1. The Morgan fingerprint density at radius 3 is 2.56 bits per heavy atom. The number of pyridine rings is 1. The van der Waals surface area contributed by atoms with Gasteiger partial charge in [-0.2, -0.15) is 0 Å². The van der Waals surface area contributed by atoms with E-state index in [0.29, 0.717) is 18.5 Å². The lowest BCUT2D eigenvalue weighted by molar-refractivity contribution is -0.122. The summed E-state index contributed by atoms with van der Waals surface area (Å²) < 4.78 is 0. The van der Waals surface area contributed by atoms with Gasteiger partial charge in [0.25, 0.3) is 5.56 Å². The lowest BCUT2D eigenvalue weighted by Crippen LogP contribution is -2.31. The molecule has 4 nitrogen and oxygen atoms in total. The average molecular weight is 362 g/mol. The molecule has 3 rings (SSSR count). The van der Waals surface area contributed by atoms with Gasteiger partial charge in [0.05, 0.1) is 11.4 Å². The zero-order valence-corrected chi connectivity index (χ0v) is 16.1. The van der Waals surface area contributed by atoms with Crippen LogP contribution in [0.25, 0.3) is 10.9 Å². The van der Waals surface area contributed by atoms with Crippen molar-refractivity contribution in [2.45, 2.75) is 39.5 Å². The molecular weight excluding hydrogens is 336 g/mol.